The van der Waals surface area contributed by atoms with Gasteiger partial charge in [-0.15, -0.1) is 0 Å². The van der Waals surface area contributed by atoms with E-state index in [0.717, 1.165) is 42.5 Å². The normalized spacial score (nSPS) is 14.6. The molecule has 4 heteroatoms. The van der Waals surface area contributed by atoms with Crippen LogP contribution < -0.4 is 5.73 Å². The minimum absolute atomic E-state index is 0.245. The molecular weight excluding hydrogens is 229 g/mol. The first kappa shape index (κ1) is 11.3. The average Bonchev–Trinajstić information content (AvgIpc) is 2.68. The van der Waals surface area contributed by atoms with E-state index in [1.54, 1.807) is 10.7 Å². The molecule has 1 aliphatic carbocycles. The number of nitrogen functional groups attached to an aromatic ring is 1. The summed E-state index contributed by atoms with van der Waals surface area (Å²) in [6.07, 6.45) is 4.13. The third kappa shape index (κ3) is 1.60. The van der Waals surface area contributed by atoms with Crippen LogP contribution >= 0.6 is 0 Å². The van der Waals surface area contributed by atoms with Gasteiger partial charge in [0.05, 0.1) is 0 Å². The summed E-state index contributed by atoms with van der Waals surface area (Å²) in [5.74, 6) is 0.304. The molecule has 0 radical (unpaired) electrons. The monoisotopic (exact) mass is 245 g/mol. The van der Waals surface area contributed by atoms with Crippen molar-refractivity contribution in [2.45, 2.75) is 32.6 Å². The van der Waals surface area contributed by atoms with Gasteiger partial charge in [0, 0.05) is 11.3 Å². The molecule has 3 rings (SSSR count). The van der Waals surface area contributed by atoms with Gasteiger partial charge in [-0.25, -0.2) is 9.07 Å². The van der Waals surface area contributed by atoms with Crippen molar-refractivity contribution in [2.24, 2.45) is 0 Å². The number of nitrogens with zero attached hydrogens (tertiary/aromatic N) is 2. The van der Waals surface area contributed by atoms with Crippen LogP contribution in [0.25, 0.3) is 5.69 Å². The number of fused-ring (bicyclic) bond motifs is 1. The van der Waals surface area contributed by atoms with Crippen LogP contribution in [0.1, 0.15) is 29.7 Å². The van der Waals surface area contributed by atoms with Crippen LogP contribution in [0.2, 0.25) is 0 Å². The predicted molar refractivity (Wildman–Crippen MR) is 69.3 cm³/mol. The summed E-state index contributed by atoms with van der Waals surface area (Å²) in [5, 5.41) is 4.34. The van der Waals surface area contributed by atoms with Crippen molar-refractivity contribution in [3.63, 3.8) is 0 Å². The molecule has 1 aliphatic rings. The number of hydrogen-bond acceptors (Lipinski definition) is 2. The molecule has 1 heterocycles. The Kier molecular flexibility index (Phi) is 2.58. The SMILES string of the molecule is Cc1cccc(F)c1-n1nc(N)c2c1CCCC2. The van der Waals surface area contributed by atoms with Crippen LogP contribution in [0.5, 0.6) is 0 Å². The number of hydrogen-bond donors (Lipinski definition) is 1. The Bertz CT molecular complexity index is 581. The van der Waals surface area contributed by atoms with Crippen molar-refractivity contribution in [1.29, 1.82) is 0 Å². The van der Waals surface area contributed by atoms with E-state index in [-0.39, 0.29) is 5.82 Å². The van der Waals surface area contributed by atoms with Crippen LogP contribution in [0.15, 0.2) is 18.2 Å². The first-order chi connectivity index (χ1) is 8.68. The Morgan fingerprint density at radius 1 is 1.28 bits per heavy atom. The highest BCUT2D eigenvalue weighted by molar-refractivity contribution is 5.50. The molecule has 2 aromatic rings. The van der Waals surface area contributed by atoms with Crippen molar-refractivity contribution in [3.8, 4) is 5.69 Å². The number of aryl methyl sites for hydroxylation is 1. The Morgan fingerprint density at radius 2 is 2.06 bits per heavy atom. The summed E-state index contributed by atoms with van der Waals surface area (Å²) in [5.41, 5.74) is 9.54. The highest BCUT2D eigenvalue weighted by atomic mass is 19.1. The molecule has 0 aliphatic heterocycles. The van der Waals surface area contributed by atoms with Crippen molar-refractivity contribution >= 4 is 5.82 Å². The topological polar surface area (TPSA) is 43.8 Å². The van der Waals surface area contributed by atoms with Crippen LogP contribution in [0, 0.1) is 12.7 Å². The smallest absolute Gasteiger partial charge is 0.149 e. The fourth-order valence-corrected chi connectivity index (χ4v) is 2.70. The number of para-hydroxylation sites is 1. The molecule has 0 saturated heterocycles. The standard InChI is InChI=1S/C14H16FN3/c1-9-5-4-7-11(15)13(9)18-12-8-3-2-6-10(12)14(16)17-18/h4-5,7H,2-3,6,8H2,1H3,(H2,16,17). The first-order valence-corrected chi connectivity index (χ1v) is 6.30. The number of nitrogens with two attached hydrogens (primary N) is 1. The summed E-state index contributed by atoms with van der Waals surface area (Å²) in [6.45, 7) is 1.89. The molecule has 94 valence electrons. The van der Waals surface area contributed by atoms with Gasteiger partial charge in [0.15, 0.2) is 0 Å². The third-order valence-corrected chi connectivity index (χ3v) is 3.61. The molecule has 1 aromatic heterocycles. The molecular formula is C14H16FN3. The lowest BCUT2D eigenvalue weighted by Gasteiger charge is -2.15. The highest BCUT2D eigenvalue weighted by Crippen LogP contribution is 2.30. The van der Waals surface area contributed by atoms with Crippen molar-refractivity contribution in [1.82, 2.24) is 9.78 Å². The largest absolute Gasteiger partial charge is 0.382 e. The van der Waals surface area contributed by atoms with Crippen molar-refractivity contribution in [3.05, 3.63) is 40.8 Å². The molecule has 0 bridgehead atoms. The fraction of sp³-hybridized carbons (Fsp3) is 0.357. The zero-order chi connectivity index (χ0) is 12.7. The van der Waals surface area contributed by atoms with E-state index in [9.17, 15) is 4.39 Å². The zero-order valence-electron chi connectivity index (χ0n) is 10.4. The maximum absolute atomic E-state index is 14.0. The second-order valence-corrected chi connectivity index (χ2v) is 4.83. The molecule has 3 nitrogen and oxygen atoms in total. The Morgan fingerprint density at radius 3 is 2.83 bits per heavy atom. The fourth-order valence-electron chi connectivity index (χ4n) is 2.70. The Balaban J connectivity index is 2.24. The summed E-state index contributed by atoms with van der Waals surface area (Å²) in [6, 6.07) is 5.08. The van der Waals surface area contributed by atoms with Gasteiger partial charge >= 0.3 is 0 Å². The third-order valence-electron chi connectivity index (χ3n) is 3.61. The lowest BCUT2D eigenvalue weighted by molar-refractivity contribution is 0.595. The summed E-state index contributed by atoms with van der Waals surface area (Å²) >= 11 is 0. The minimum atomic E-state index is -0.245. The van der Waals surface area contributed by atoms with Gasteiger partial charge in [-0.3, -0.25) is 0 Å². The molecule has 0 saturated carbocycles. The molecule has 18 heavy (non-hydrogen) atoms. The van der Waals surface area contributed by atoms with E-state index in [4.69, 9.17) is 5.73 Å². The van der Waals surface area contributed by atoms with Gasteiger partial charge < -0.3 is 5.73 Å². The number of benzene rings is 1. The Labute approximate surface area is 105 Å². The maximum Gasteiger partial charge on any atom is 0.149 e. The van der Waals surface area contributed by atoms with Crippen LogP contribution in [-0.2, 0) is 12.8 Å². The van der Waals surface area contributed by atoms with E-state index in [2.05, 4.69) is 5.10 Å². The molecule has 0 fully saturated rings. The zero-order valence-corrected chi connectivity index (χ0v) is 10.4. The average molecular weight is 245 g/mol. The number of rotatable bonds is 1. The predicted octanol–water partition coefficient (Wildman–Crippen LogP) is 2.78. The summed E-state index contributed by atoms with van der Waals surface area (Å²) in [7, 11) is 0. The molecule has 2 N–H and O–H groups in total. The lowest BCUT2D eigenvalue weighted by Crippen LogP contribution is -2.10. The van der Waals surface area contributed by atoms with Gasteiger partial charge in [0.25, 0.3) is 0 Å². The minimum Gasteiger partial charge on any atom is -0.382 e. The highest BCUT2D eigenvalue weighted by Gasteiger charge is 2.22. The number of aromatic nitrogens is 2. The van der Waals surface area contributed by atoms with E-state index in [0.29, 0.717) is 11.5 Å². The summed E-state index contributed by atoms with van der Waals surface area (Å²) < 4.78 is 15.7. The van der Waals surface area contributed by atoms with Crippen LogP contribution in [0.4, 0.5) is 10.2 Å². The van der Waals surface area contributed by atoms with Gasteiger partial charge in [0.1, 0.15) is 17.3 Å². The van der Waals surface area contributed by atoms with Gasteiger partial charge in [-0.1, -0.05) is 12.1 Å². The maximum atomic E-state index is 14.0. The van der Waals surface area contributed by atoms with Crippen molar-refractivity contribution < 1.29 is 4.39 Å². The molecule has 0 amide bonds. The van der Waals surface area contributed by atoms with Crippen LogP contribution in [-0.4, -0.2) is 9.78 Å². The quantitative estimate of drug-likeness (QED) is 0.839. The van der Waals surface area contributed by atoms with Gasteiger partial charge in [-0.2, -0.15) is 5.10 Å². The van der Waals surface area contributed by atoms with E-state index >= 15 is 0 Å². The van der Waals surface area contributed by atoms with E-state index in [1.807, 2.05) is 13.0 Å². The first-order valence-electron chi connectivity index (χ1n) is 6.30. The Hall–Kier alpha value is -1.84. The van der Waals surface area contributed by atoms with Crippen molar-refractivity contribution in [2.75, 3.05) is 5.73 Å². The molecule has 0 unspecified atom stereocenters. The van der Waals surface area contributed by atoms with E-state index in [1.165, 1.54) is 6.07 Å². The lowest BCUT2D eigenvalue weighted by atomic mass is 9.97. The van der Waals surface area contributed by atoms with Crippen LogP contribution in [0.3, 0.4) is 0 Å². The number of halogens is 1. The molecule has 1 aromatic carbocycles. The second-order valence-electron chi connectivity index (χ2n) is 4.83. The molecule has 0 atom stereocenters. The second kappa shape index (κ2) is 4.12. The van der Waals surface area contributed by atoms with Gasteiger partial charge in [0.2, 0.25) is 0 Å². The van der Waals surface area contributed by atoms with E-state index < -0.39 is 0 Å². The number of anilines is 1. The molecule has 0 spiro atoms. The summed E-state index contributed by atoms with van der Waals surface area (Å²) in [4.78, 5) is 0. The van der Waals surface area contributed by atoms with Gasteiger partial charge in [-0.05, 0) is 44.2 Å².